The number of hydrogen-bond acceptors (Lipinski definition) is 3. The molecule has 15 heavy (non-hydrogen) atoms. The Balaban J connectivity index is 0.00000112. The van der Waals surface area contributed by atoms with Crippen molar-refractivity contribution in [1.82, 2.24) is 16.0 Å². The van der Waals surface area contributed by atoms with E-state index in [1.807, 2.05) is 0 Å². The van der Waals surface area contributed by atoms with Crippen molar-refractivity contribution < 1.29 is 9.18 Å². The molecular weight excluding hydrogens is 221 g/mol. The van der Waals surface area contributed by atoms with Crippen molar-refractivity contribution in [3.8, 4) is 0 Å². The van der Waals surface area contributed by atoms with Gasteiger partial charge in [0.05, 0.1) is 6.04 Å². The molecule has 4 nitrogen and oxygen atoms in total. The van der Waals surface area contributed by atoms with Crippen LogP contribution < -0.4 is 16.0 Å². The number of alkyl halides is 1. The second kappa shape index (κ2) is 5.63. The van der Waals surface area contributed by atoms with Crippen LogP contribution in [0.2, 0.25) is 0 Å². The zero-order valence-corrected chi connectivity index (χ0v) is 9.28. The minimum atomic E-state index is -0.751. The van der Waals surface area contributed by atoms with E-state index < -0.39 is 6.17 Å². The van der Waals surface area contributed by atoms with Gasteiger partial charge in [0.15, 0.2) is 0 Å². The lowest BCUT2D eigenvalue weighted by molar-refractivity contribution is -0.124. The number of hydrogen-bond donors (Lipinski definition) is 3. The Bertz CT molecular complexity index is 225. The van der Waals surface area contributed by atoms with Crippen LogP contribution in [0.5, 0.6) is 0 Å². The molecule has 2 rings (SSSR count). The molecule has 2 fully saturated rings. The fourth-order valence-electron chi connectivity index (χ4n) is 1.78. The number of carbonyl (C=O) groups is 1. The van der Waals surface area contributed by atoms with E-state index in [0.29, 0.717) is 19.5 Å². The average molecular weight is 238 g/mol. The van der Waals surface area contributed by atoms with Gasteiger partial charge in [-0.3, -0.25) is 4.79 Å². The summed E-state index contributed by atoms with van der Waals surface area (Å²) in [6, 6.07) is 0.0894. The molecule has 1 amide bonds. The SMILES string of the molecule is Cl.O=C(NC[C@@H]1C[C@H](F)CN1)[C@H]1CCN1. The molecule has 6 heteroatoms. The van der Waals surface area contributed by atoms with E-state index in [1.165, 1.54) is 0 Å². The molecule has 3 N–H and O–H groups in total. The second-order valence-electron chi connectivity index (χ2n) is 3.98. The van der Waals surface area contributed by atoms with Gasteiger partial charge in [-0.15, -0.1) is 12.4 Å². The topological polar surface area (TPSA) is 53.2 Å². The fraction of sp³-hybridized carbons (Fsp3) is 0.889. The van der Waals surface area contributed by atoms with E-state index in [2.05, 4.69) is 16.0 Å². The molecule has 0 spiro atoms. The number of amides is 1. The Morgan fingerprint density at radius 1 is 1.47 bits per heavy atom. The summed E-state index contributed by atoms with van der Waals surface area (Å²) in [5, 5.41) is 8.87. The Morgan fingerprint density at radius 2 is 2.20 bits per heavy atom. The Hall–Kier alpha value is -0.390. The molecule has 88 valence electrons. The minimum Gasteiger partial charge on any atom is -0.353 e. The lowest BCUT2D eigenvalue weighted by atomic mass is 10.1. The molecule has 0 aromatic heterocycles. The summed E-state index contributed by atoms with van der Waals surface area (Å²) in [6.07, 6.45) is 0.673. The number of halogens is 2. The van der Waals surface area contributed by atoms with Gasteiger partial charge in [-0.2, -0.15) is 0 Å². The van der Waals surface area contributed by atoms with E-state index >= 15 is 0 Å². The molecule has 2 aliphatic rings. The van der Waals surface area contributed by atoms with E-state index in [0.717, 1.165) is 13.0 Å². The van der Waals surface area contributed by atoms with E-state index in [4.69, 9.17) is 0 Å². The fourth-order valence-corrected chi connectivity index (χ4v) is 1.78. The maximum atomic E-state index is 12.7. The lowest BCUT2D eigenvalue weighted by Gasteiger charge is -2.26. The summed E-state index contributed by atoms with van der Waals surface area (Å²) < 4.78 is 12.7. The largest absolute Gasteiger partial charge is 0.353 e. The highest BCUT2D eigenvalue weighted by Crippen LogP contribution is 2.09. The van der Waals surface area contributed by atoms with Crippen LogP contribution in [-0.4, -0.2) is 43.8 Å². The zero-order valence-electron chi connectivity index (χ0n) is 8.46. The van der Waals surface area contributed by atoms with Gasteiger partial charge in [0.2, 0.25) is 5.91 Å². The van der Waals surface area contributed by atoms with Gasteiger partial charge in [0, 0.05) is 19.1 Å². The third-order valence-electron chi connectivity index (χ3n) is 2.83. The molecule has 2 aliphatic heterocycles. The van der Waals surface area contributed by atoms with Gasteiger partial charge in [-0.1, -0.05) is 0 Å². The number of carbonyl (C=O) groups excluding carboxylic acids is 1. The van der Waals surface area contributed by atoms with Crippen LogP contribution in [0.25, 0.3) is 0 Å². The molecule has 0 saturated carbocycles. The quantitative estimate of drug-likeness (QED) is 0.626. The zero-order chi connectivity index (χ0) is 9.97. The van der Waals surface area contributed by atoms with Crippen LogP contribution in [0, 0.1) is 0 Å². The first-order chi connectivity index (χ1) is 6.75. The standard InChI is InChI=1S/C9H16FN3O.ClH/c10-6-3-7(12-4-6)5-13-9(14)8-1-2-11-8;/h6-8,11-12H,1-5H2,(H,13,14);1H/t6-,7-,8+;/m0./s1. The van der Waals surface area contributed by atoms with Crippen LogP contribution in [0.1, 0.15) is 12.8 Å². The second-order valence-corrected chi connectivity index (χ2v) is 3.98. The Labute approximate surface area is 94.8 Å². The van der Waals surface area contributed by atoms with Crippen molar-refractivity contribution in [2.45, 2.75) is 31.1 Å². The van der Waals surface area contributed by atoms with Crippen molar-refractivity contribution in [3.05, 3.63) is 0 Å². The highest BCUT2D eigenvalue weighted by Gasteiger charge is 2.27. The van der Waals surface area contributed by atoms with Gasteiger partial charge in [0.1, 0.15) is 6.17 Å². The Kier molecular flexibility index (Phi) is 4.76. The van der Waals surface area contributed by atoms with Gasteiger partial charge >= 0.3 is 0 Å². The van der Waals surface area contributed by atoms with Gasteiger partial charge < -0.3 is 16.0 Å². The molecule has 0 bridgehead atoms. The first-order valence-corrected chi connectivity index (χ1v) is 5.14. The van der Waals surface area contributed by atoms with Crippen molar-refractivity contribution >= 4 is 18.3 Å². The molecule has 0 unspecified atom stereocenters. The van der Waals surface area contributed by atoms with Gasteiger partial charge in [0.25, 0.3) is 0 Å². The monoisotopic (exact) mass is 237 g/mol. The number of rotatable bonds is 3. The van der Waals surface area contributed by atoms with Crippen molar-refractivity contribution in [1.29, 1.82) is 0 Å². The molecule has 0 aliphatic carbocycles. The highest BCUT2D eigenvalue weighted by atomic mass is 35.5. The van der Waals surface area contributed by atoms with Crippen LogP contribution in [0.4, 0.5) is 4.39 Å². The first-order valence-electron chi connectivity index (χ1n) is 5.14. The molecule has 2 saturated heterocycles. The van der Waals surface area contributed by atoms with Crippen LogP contribution >= 0.6 is 12.4 Å². The smallest absolute Gasteiger partial charge is 0.237 e. The first kappa shape index (κ1) is 12.7. The minimum absolute atomic E-state index is 0. The summed E-state index contributed by atoms with van der Waals surface area (Å²) in [7, 11) is 0. The summed E-state index contributed by atoms with van der Waals surface area (Å²) in [4.78, 5) is 11.4. The van der Waals surface area contributed by atoms with Gasteiger partial charge in [-0.25, -0.2) is 4.39 Å². The summed E-state index contributed by atoms with van der Waals surface area (Å²) >= 11 is 0. The summed E-state index contributed by atoms with van der Waals surface area (Å²) in [6.45, 7) is 1.88. The molecule has 0 radical (unpaired) electrons. The van der Waals surface area contributed by atoms with E-state index in [-0.39, 0.29) is 30.4 Å². The third-order valence-corrected chi connectivity index (χ3v) is 2.83. The molecule has 0 aromatic rings. The molecule has 3 atom stereocenters. The normalized spacial score (nSPS) is 34.1. The predicted octanol–water partition coefficient (Wildman–Crippen LogP) is -0.414. The average Bonchev–Trinajstić information content (AvgIpc) is 2.45. The lowest BCUT2D eigenvalue weighted by Crippen LogP contribution is -2.54. The van der Waals surface area contributed by atoms with Crippen LogP contribution in [0.15, 0.2) is 0 Å². The van der Waals surface area contributed by atoms with Crippen molar-refractivity contribution in [2.24, 2.45) is 0 Å². The predicted molar refractivity (Wildman–Crippen MR) is 58.0 cm³/mol. The van der Waals surface area contributed by atoms with Gasteiger partial charge in [-0.05, 0) is 19.4 Å². The maximum absolute atomic E-state index is 12.7. The van der Waals surface area contributed by atoms with Crippen LogP contribution in [0.3, 0.4) is 0 Å². The van der Waals surface area contributed by atoms with E-state index in [1.54, 1.807) is 0 Å². The van der Waals surface area contributed by atoms with E-state index in [9.17, 15) is 9.18 Å². The van der Waals surface area contributed by atoms with Crippen molar-refractivity contribution in [2.75, 3.05) is 19.6 Å². The molecule has 2 heterocycles. The molecular formula is C9H17ClFN3O. The summed E-state index contributed by atoms with van der Waals surface area (Å²) in [5.74, 6) is 0.0420. The molecule has 0 aromatic carbocycles. The summed E-state index contributed by atoms with van der Waals surface area (Å²) in [5.41, 5.74) is 0. The number of nitrogens with one attached hydrogen (secondary N) is 3. The maximum Gasteiger partial charge on any atom is 0.237 e. The Morgan fingerprint density at radius 3 is 2.67 bits per heavy atom. The highest BCUT2D eigenvalue weighted by molar-refractivity contribution is 5.85. The van der Waals surface area contributed by atoms with Crippen molar-refractivity contribution in [3.63, 3.8) is 0 Å². The third kappa shape index (κ3) is 3.29. The van der Waals surface area contributed by atoms with Crippen LogP contribution in [-0.2, 0) is 4.79 Å².